The van der Waals surface area contributed by atoms with Gasteiger partial charge in [0.25, 0.3) is 0 Å². The smallest absolute Gasteiger partial charge is 0.129 e. The van der Waals surface area contributed by atoms with Gasteiger partial charge >= 0.3 is 0 Å². The predicted molar refractivity (Wildman–Crippen MR) is 74.9 cm³/mol. The molecule has 0 bridgehead atoms. The Morgan fingerprint density at radius 3 is 3.00 bits per heavy atom. The Bertz CT molecular complexity index is 662. The number of halogens is 1. The number of hydrogen-bond acceptors (Lipinski definition) is 5. The normalized spacial score (nSPS) is 10.4. The van der Waals surface area contributed by atoms with Crippen LogP contribution in [-0.2, 0) is 13.1 Å². The van der Waals surface area contributed by atoms with Crippen LogP contribution in [0.1, 0.15) is 23.2 Å². The summed E-state index contributed by atoms with van der Waals surface area (Å²) >= 11 is 0. The molecule has 1 heterocycles. The fourth-order valence-corrected chi connectivity index (χ4v) is 1.87. The molecular formula is C14H16FN5O. The lowest BCUT2D eigenvalue weighted by atomic mass is 10.1. The second kappa shape index (κ2) is 6.81. The molecule has 0 saturated carbocycles. The Labute approximate surface area is 121 Å². The summed E-state index contributed by atoms with van der Waals surface area (Å²) in [5.74, 6) is -0.414. The van der Waals surface area contributed by atoms with Crippen LogP contribution in [0.25, 0.3) is 0 Å². The topological polar surface area (TPSA) is 86.8 Å². The number of benzene rings is 1. The highest BCUT2D eigenvalue weighted by atomic mass is 19.1. The number of aliphatic hydroxyl groups excluding tert-OH is 1. The standard InChI is InChI=1S/C14H16FN5O/c1-10-13(15)5-11(7-16)6-14(10)17-8-12-9-20(19-18-12)3-2-4-21/h5-6,9,17,21H,2-4,8H2,1H3. The van der Waals surface area contributed by atoms with Crippen molar-refractivity contribution in [2.24, 2.45) is 0 Å². The fraction of sp³-hybridized carbons (Fsp3) is 0.357. The monoisotopic (exact) mass is 289 g/mol. The van der Waals surface area contributed by atoms with E-state index in [1.165, 1.54) is 6.07 Å². The van der Waals surface area contributed by atoms with Crippen molar-refractivity contribution in [1.29, 1.82) is 5.26 Å². The molecule has 2 aromatic rings. The molecule has 0 saturated heterocycles. The van der Waals surface area contributed by atoms with Crippen LogP contribution in [-0.4, -0.2) is 26.7 Å². The molecule has 0 spiro atoms. The first-order chi connectivity index (χ1) is 10.1. The van der Waals surface area contributed by atoms with E-state index in [0.29, 0.717) is 36.5 Å². The molecule has 7 heteroatoms. The van der Waals surface area contributed by atoms with Crippen LogP contribution < -0.4 is 5.32 Å². The van der Waals surface area contributed by atoms with Gasteiger partial charge in [-0.15, -0.1) is 5.10 Å². The van der Waals surface area contributed by atoms with E-state index < -0.39 is 5.82 Å². The SMILES string of the molecule is Cc1c(F)cc(C#N)cc1NCc1cn(CCCO)nn1. The third-order valence-electron chi connectivity index (χ3n) is 3.06. The number of aromatic nitrogens is 3. The molecule has 110 valence electrons. The first-order valence-electron chi connectivity index (χ1n) is 6.58. The number of nitriles is 1. The van der Waals surface area contributed by atoms with Gasteiger partial charge in [-0.25, -0.2) is 4.39 Å². The molecular weight excluding hydrogens is 273 g/mol. The molecule has 0 atom stereocenters. The lowest BCUT2D eigenvalue weighted by Gasteiger charge is -2.09. The maximum atomic E-state index is 13.6. The van der Waals surface area contributed by atoms with Gasteiger partial charge in [0.05, 0.1) is 24.4 Å². The number of nitrogens with one attached hydrogen (secondary N) is 1. The van der Waals surface area contributed by atoms with Gasteiger partial charge in [-0.3, -0.25) is 4.68 Å². The summed E-state index contributed by atoms with van der Waals surface area (Å²) in [5, 5.41) is 28.6. The van der Waals surface area contributed by atoms with E-state index in [2.05, 4.69) is 15.6 Å². The number of nitrogens with zero attached hydrogens (tertiary/aromatic N) is 4. The van der Waals surface area contributed by atoms with Crippen molar-refractivity contribution in [3.05, 3.63) is 41.0 Å². The van der Waals surface area contributed by atoms with E-state index in [1.54, 1.807) is 23.9 Å². The number of anilines is 1. The van der Waals surface area contributed by atoms with Crippen LogP contribution in [0.4, 0.5) is 10.1 Å². The summed E-state index contributed by atoms with van der Waals surface area (Å²) in [6.45, 7) is 2.74. The van der Waals surface area contributed by atoms with Crippen LogP contribution in [0.15, 0.2) is 18.3 Å². The average Bonchev–Trinajstić information content (AvgIpc) is 2.94. The van der Waals surface area contributed by atoms with Crippen molar-refractivity contribution in [2.45, 2.75) is 26.4 Å². The van der Waals surface area contributed by atoms with Crippen molar-refractivity contribution >= 4 is 5.69 Å². The summed E-state index contributed by atoms with van der Waals surface area (Å²) < 4.78 is 15.3. The molecule has 2 N–H and O–H groups in total. The summed E-state index contributed by atoms with van der Waals surface area (Å²) in [6.07, 6.45) is 2.38. The quantitative estimate of drug-likeness (QED) is 0.843. The van der Waals surface area contributed by atoms with Crippen molar-refractivity contribution in [2.75, 3.05) is 11.9 Å². The largest absolute Gasteiger partial charge is 0.396 e. The molecule has 0 aliphatic heterocycles. The van der Waals surface area contributed by atoms with Gasteiger partial charge < -0.3 is 10.4 Å². The second-order valence-electron chi connectivity index (χ2n) is 4.65. The minimum atomic E-state index is -0.414. The third kappa shape index (κ3) is 3.77. The predicted octanol–water partition coefficient (Wildman–Crippen LogP) is 1.59. The van der Waals surface area contributed by atoms with E-state index in [0.717, 1.165) is 0 Å². The maximum Gasteiger partial charge on any atom is 0.129 e. The van der Waals surface area contributed by atoms with Crippen LogP contribution in [0.2, 0.25) is 0 Å². The van der Waals surface area contributed by atoms with Gasteiger partial charge in [0, 0.05) is 24.4 Å². The first-order valence-corrected chi connectivity index (χ1v) is 6.58. The van der Waals surface area contributed by atoms with Crippen LogP contribution in [0.5, 0.6) is 0 Å². The van der Waals surface area contributed by atoms with Gasteiger partial charge in [0.15, 0.2) is 0 Å². The summed E-state index contributed by atoms with van der Waals surface area (Å²) in [6, 6.07) is 4.74. The van der Waals surface area contributed by atoms with Crippen LogP contribution >= 0.6 is 0 Å². The molecule has 0 unspecified atom stereocenters. The molecule has 2 rings (SSSR count). The van der Waals surface area contributed by atoms with E-state index >= 15 is 0 Å². The maximum absolute atomic E-state index is 13.6. The third-order valence-corrected chi connectivity index (χ3v) is 3.06. The van der Waals surface area contributed by atoms with Crippen LogP contribution in [0.3, 0.4) is 0 Å². The highest BCUT2D eigenvalue weighted by Crippen LogP contribution is 2.20. The molecule has 0 aliphatic carbocycles. The molecule has 0 amide bonds. The fourth-order valence-electron chi connectivity index (χ4n) is 1.87. The highest BCUT2D eigenvalue weighted by Gasteiger charge is 2.08. The van der Waals surface area contributed by atoms with Gasteiger partial charge in [0.2, 0.25) is 0 Å². The van der Waals surface area contributed by atoms with Crippen molar-refractivity contribution in [3.8, 4) is 6.07 Å². The molecule has 0 fully saturated rings. The number of aryl methyl sites for hydroxylation is 1. The van der Waals surface area contributed by atoms with Crippen molar-refractivity contribution < 1.29 is 9.50 Å². The van der Waals surface area contributed by atoms with Gasteiger partial charge in [0.1, 0.15) is 11.5 Å². The number of rotatable bonds is 6. The average molecular weight is 289 g/mol. The molecule has 0 aliphatic rings. The van der Waals surface area contributed by atoms with Crippen molar-refractivity contribution in [3.63, 3.8) is 0 Å². The Kier molecular flexibility index (Phi) is 4.85. The molecule has 21 heavy (non-hydrogen) atoms. The van der Waals surface area contributed by atoms with Crippen LogP contribution in [0, 0.1) is 24.1 Å². The number of hydrogen-bond donors (Lipinski definition) is 2. The zero-order valence-corrected chi connectivity index (χ0v) is 11.7. The van der Waals surface area contributed by atoms with E-state index in [9.17, 15) is 4.39 Å². The Morgan fingerprint density at radius 2 is 2.29 bits per heavy atom. The summed E-state index contributed by atoms with van der Waals surface area (Å²) in [7, 11) is 0. The van der Waals surface area contributed by atoms with Crippen molar-refractivity contribution in [1.82, 2.24) is 15.0 Å². The lowest BCUT2D eigenvalue weighted by Crippen LogP contribution is -2.03. The molecule has 0 radical (unpaired) electrons. The first kappa shape index (κ1) is 14.9. The lowest BCUT2D eigenvalue weighted by molar-refractivity contribution is 0.276. The van der Waals surface area contributed by atoms with Gasteiger partial charge in [-0.2, -0.15) is 5.26 Å². The Balaban J connectivity index is 2.04. The van der Waals surface area contributed by atoms with Gasteiger partial charge in [-0.1, -0.05) is 5.21 Å². The molecule has 1 aromatic carbocycles. The Hall–Kier alpha value is -2.46. The summed E-state index contributed by atoms with van der Waals surface area (Å²) in [5.41, 5.74) is 2.00. The second-order valence-corrected chi connectivity index (χ2v) is 4.65. The molecule has 6 nitrogen and oxygen atoms in total. The zero-order chi connectivity index (χ0) is 15.2. The van der Waals surface area contributed by atoms with Gasteiger partial charge in [-0.05, 0) is 25.5 Å². The molecule has 1 aromatic heterocycles. The summed E-state index contributed by atoms with van der Waals surface area (Å²) in [4.78, 5) is 0. The van der Waals surface area contributed by atoms with E-state index in [1.807, 2.05) is 6.07 Å². The van der Waals surface area contributed by atoms with E-state index in [-0.39, 0.29) is 12.2 Å². The minimum absolute atomic E-state index is 0.104. The minimum Gasteiger partial charge on any atom is -0.396 e. The zero-order valence-electron chi connectivity index (χ0n) is 11.7. The highest BCUT2D eigenvalue weighted by molar-refractivity contribution is 5.55. The Morgan fingerprint density at radius 1 is 1.48 bits per heavy atom. The van der Waals surface area contributed by atoms with E-state index in [4.69, 9.17) is 10.4 Å². The number of aliphatic hydroxyl groups is 1.